The molecule has 0 saturated heterocycles. The van der Waals surface area contributed by atoms with Crippen LogP contribution in [-0.4, -0.2) is 36.2 Å². The summed E-state index contributed by atoms with van der Waals surface area (Å²) in [5.41, 5.74) is 6.56. The van der Waals surface area contributed by atoms with Crippen LogP contribution < -0.4 is 15.4 Å². The monoisotopic (exact) mass is 224 g/mol. The molecule has 2 N–H and O–H groups in total. The van der Waals surface area contributed by atoms with E-state index in [1.807, 2.05) is 6.92 Å². The summed E-state index contributed by atoms with van der Waals surface area (Å²) in [7, 11) is 1.61. The van der Waals surface area contributed by atoms with Crippen LogP contribution in [0.3, 0.4) is 0 Å². The number of nitrogens with zero attached hydrogens (tertiary/aromatic N) is 3. The third-order valence-corrected chi connectivity index (χ3v) is 2.47. The summed E-state index contributed by atoms with van der Waals surface area (Å²) in [5.74, 6) is 1.51. The van der Waals surface area contributed by atoms with Gasteiger partial charge < -0.3 is 15.4 Å². The summed E-state index contributed by atoms with van der Waals surface area (Å²) in [5, 5.41) is 0. The highest BCUT2D eigenvalue weighted by Crippen LogP contribution is 2.24. The van der Waals surface area contributed by atoms with E-state index in [1.54, 1.807) is 7.11 Å². The topological polar surface area (TPSA) is 64.3 Å². The molecule has 90 valence electrons. The summed E-state index contributed by atoms with van der Waals surface area (Å²) in [6, 6.07) is 0.349. The van der Waals surface area contributed by atoms with E-state index < -0.39 is 0 Å². The van der Waals surface area contributed by atoms with Crippen molar-refractivity contribution in [1.82, 2.24) is 9.97 Å². The molecular formula is C11H20N4O. The smallest absolute Gasteiger partial charge is 0.221 e. The summed E-state index contributed by atoms with van der Waals surface area (Å²) < 4.78 is 5.18. The van der Waals surface area contributed by atoms with Crippen molar-refractivity contribution >= 4 is 5.82 Å². The molecule has 0 aliphatic rings. The zero-order chi connectivity index (χ0) is 12.1. The number of anilines is 1. The van der Waals surface area contributed by atoms with Gasteiger partial charge in [0.1, 0.15) is 12.1 Å². The zero-order valence-corrected chi connectivity index (χ0v) is 10.4. The second-order valence-corrected chi connectivity index (χ2v) is 3.91. The second-order valence-electron chi connectivity index (χ2n) is 3.91. The van der Waals surface area contributed by atoms with E-state index in [1.165, 1.54) is 6.33 Å². The molecule has 0 amide bonds. The third kappa shape index (κ3) is 2.61. The molecule has 1 heterocycles. The minimum Gasteiger partial charge on any atom is -0.481 e. The molecule has 0 bridgehead atoms. The number of nitrogens with two attached hydrogens (primary N) is 1. The van der Waals surface area contributed by atoms with Gasteiger partial charge in [-0.25, -0.2) is 9.97 Å². The lowest BCUT2D eigenvalue weighted by molar-refractivity contribution is 0.393. The van der Waals surface area contributed by atoms with Gasteiger partial charge in [-0.3, -0.25) is 0 Å². The van der Waals surface area contributed by atoms with Crippen molar-refractivity contribution < 1.29 is 4.74 Å². The molecule has 16 heavy (non-hydrogen) atoms. The first-order chi connectivity index (χ1) is 7.61. The van der Waals surface area contributed by atoms with Gasteiger partial charge in [-0.15, -0.1) is 0 Å². The van der Waals surface area contributed by atoms with Crippen LogP contribution in [0.15, 0.2) is 6.33 Å². The van der Waals surface area contributed by atoms with Gasteiger partial charge in [0, 0.05) is 19.1 Å². The summed E-state index contributed by atoms with van der Waals surface area (Å²) in [4.78, 5) is 10.5. The number of hydrogen-bond donors (Lipinski definition) is 1. The lowest BCUT2D eigenvalue weighted by atomic mass is 10.2. The largest absolute Gasteiger partial charge is 0.481 e. The lowest BCUT2D eigenvalue weighted by Gasteiger charge is -2.28. The number of rotatable bonds is 5. The molecule has 1 aromatic heterocycles. The van der Waals surface area contributed by atoms with Crippen molar-refractivity contribution in [3.63, 3.8) is 0 Å². The number of hydrogen-bond acceptors (Lipinski definition) is 5. The Bertz CT molecular complexity index is 341. The van der Waals surface area contributed by atoms with Gasteiger partial charge in [-0.1, -0.05) is 0 Å². The molecule has 0 aromatic carbocycles. The number of methoxy groups -OCH3 is 1. The molecule has 0 fully saturated rings. The van der Waals surface area contributed by atoms with Crippen molar-refractivity contribution in [2.45, 2.75) is 26.8 Å². The van der Waals surface area contributed by atoms with Gasteiger partial charge in [0.05, 0.1) is 12.7 Å². The summed E-state index contributed by atoms with van der Waals surface area (Å²) >= 11 is 0. The van der Waals surface area contributed by atoms with Crippen LogP contribution in [0, 0.1) is 6.92 Å². The van der Waals surface area contributed by atoms with Gasteiger partial charge >= 0.3 is 0 Å². The normalized spacial score (nSPS) is 10.6. The average Bonchev–Trinajstić information content (AvgIpc) is 2.26. The molecule has 1 rings (SSSR count). The SMILES string of the molecule is COc1ncnc(N(CCN)C(C)C)c1C. The molecule has 5 nitrogen and oxygen atoms in total. The van der Waals surface area contributed by atoms with Crippen LogP contribution in [0.2, 0.25) is 0 Å². The molecule has 0 aliphatic heterocycles. The lowest BCUT2D eigenvalue weighted by Crippen LogP contribution is -2.36. The summed E-state index contributed by atoms with van der Waals surface area (Å²) in [6.45, 7) is 7.57. The Morgan fingerprint density at radius 2 is 2.12 bits per heavy atom. The van der Waals surface area contributed by atoms with E-state index in [9.17, 15) is 0 Å². The molecule has 0 radical (unpaired) electrons. The van der Waals surface area contributed by atoms with E-state index >= 15 is 0 Å². The second kappa shape index (κ2) is 5.65. The fourth-order valence-corrected chi connectivity index (χ4v) is 1.67. The van der Waals surface area contributed by atoms with Crippen molar-refractivity contribution in [1.29, 1.82) is 0 Å². The van der Waals surface area contributed by atoms with Crippen molar-refractivity contribution in [3.8, 4) is 5.88 Å². The van der Waals surface area contributed by atoms with Crippen LogP contribution in [0.4, 0.5) is 5.82 Å². The zero-order valence-electron chi connectivity index (χ0n) is 10.4. The van der Waals surface area contributed by atoms with E-state index in [0.717, 1.165) is 17.9 Å². The van der Waals surface area contributed by atoms with Crippen molar-refractivity contribution in [2.75, 3.05) is 25.1 Å². The minimum absolute atomic E-state index is 0.349. The highest BCUT2D eigenvalue weighted by Gasteiger charge is 2.16. The maximum atomic E-state index is 5.61. The molecule has 0 atom stereocenters. The fourth-order valence-electron chi connectivity index (χ4n) is 1.67. The highest BCUT2D eigenvalue weighted by atomic mass is 16.5. The Balaban J connectivity index is 3.08. The number of aromatic nitrogens is 2. The maximum absolute atomic E-state index is 5.61. The van der Waals surface area contributed by atoms with Gasteiger partial charge in [0.25, 0.3) is 0 Å². The quantitative estimate of drug-likeness (QED) is 0.807. The van der Waals surface area contributed by atoms with Gasteiger partial charge in [-0.05, 0) is 20.8 Å². The Kier molecular flexibility index (Phi) is 4.49. The Morgan fingerprint density at radius 1 is 1.44 bits per heavy atom. The predicted octanol–water partition coefficient (Wildman–Crippen LogP) is 0.967. The molecule has 1 aromatic rings. The van der Waals surface area contributed by atoms with Crippen LogP contribution in [0.5, 0.6) is 5.88 Å². The van der Waals surface area contributed by atoms with Crippen molar-refractivity contribution in [3.05, 3.63) is 11.9 Å². The van der Waals surface area contributed by atoms with E-state index in [2.05, 4.69) is 28.7 Å². The first-order valence-corrected chi connectivity index (χ1v) is 5.44. The molecule has 5 heteroatoms. The molecular weight excluding hydrogens is 204 g/mol. The Hall–Kier alpha value is -1.36. The first-order valence-electron chi connectivity index (χ1n) is 5.44. The Labute approximate surface area is 96.6 Å². The van der Waals surface area contributed by atoms with E-state index in [0.29, 0.717) is 18.5 Å². The molecule has 0 unspecified atom stereocenters. The van der Waals surface area contributed by atoms with E-state index in [4.69, 9.17) is 10.5 Å². The third-order valence-electron chi connectivity index (χ3n) is 2.47. The predicted molar refractivity (Wildman–Crippen MR) is 64.9 cm³/mol. The minimum atomic E-state index is 0.349. The summed E-state index contributed by atoms with van der Waals surface area (Å²) in [6.07, 6.45) is 1.52. The Morgan fingerprint density at radius 3 is 2.62 bits per heavy atom. The molecule has 0 spiro atoms. The first kappa shape index (κ1) is 12.7. The van der Waals surface area contributed by atoms with Gasteiger partial charge in [0.15, 0.2) is 0 Å². The van der Waals surface area contributed by atoms with Gasteiger partial charge in [-0.2, -0.15) is 0 Å². The van der Waals surface area contributed by atoms with E-state index in [-0.39, 0.29) is 0 Å². The highest BCUT2D eigenvalue weighted by molar-refractivity contribution is 5.50. The fraction of sp³-hybridized carbons (Fsp3) is 0.636. The van der Waals surface area contributed by atoms with Crippen LogP contribution in [0.25, 0.3) is 0 Å². The maximum Gasteiger partial charge on any atom is 0.221 e. The standard InChI is InChI=1S/C11H20N4O/c1-8(2)15(6-5-12)10-9(3)11(16-4)14-7-13-10/h7-8H,5-6,12H2,1-4H3. The van der Waals surface area contributed by atoms with Crippen molar-refractivity contribution in [2.24, 2.45) is 5.73 Å². The number of ether oxygens (including phenoxy) is 1. The molecule has 0 aliphatic carbocycles. The van der Waals surface area contributed by atoms with Crippen LogP contribution in [0.1, 0.15) is 19.4 Å². The van der Waals surface area contributed by atoms with Crippen LogP contribution >= 0.6 is 0 Å². The molecule has 0 saturated carbocycles. The van der Waals surface area contributed by atoms with Gasteiger partial charge in [0.2, 0.25) is 5.88 Å². The van der Waals surface area contributed by atoms with Crippen LogP contribution in [-0.2, 0) is 0 Å². The average molecular weight is 224 g/mol.